The number of nitrogens with zero attached hydrogens (tertiary/aromatic N) is 4. The highest BCUT2D eigenvalue weighted by Crippen LogP contribution is 2.29. The van der Waals surface area contributed by atoms with Gasteiger partial charge in [0.25, 0.3) is 0 Å². The molecule has 0 N–H and O–H groups in total. The van der Waals surface area contributed by atoms with E-state index in [0.29, 0.717) is 10.8 Å². The first-order valence-corrected chi connectivity index (χ1v) is 9.89. The Hall–Kier alpha value is -2.51. The van der Waals surface area contributed by atoms with Crippen molar-refractivity contribution in [2.75, 3.05) is 38.1 Å². The van der Waals surface area contributed by atoms with E-state index in [1.807, 2.05) is 40.6 Å². The first kappa shape index (κ1) is 19.3. The van der Waals surface area contributed by atoms with E-state index in [9.17, 15) is 9.59 Å². The Morgan fingerprint density at radius 1 is 1.15 bits per heavy atom. The summed E-state index contributed by atoms with van der Waals surface area (Å²) >= 11 is 1.38. The summed E-state index contributed by atoms with van der Waals surface area (Å²) in [6.45, 7) is 4.95. The van der Waals surface area contributed by atoms with Crippen LogP contribution in [0.15, 0.2) is 41.8 Å². The molecule has 2 heterocycles. The Balaban J connectivity index is 1.70. The number of anilines is 2. The minimum atomic E-state index is -0.101. The van der Waals surface area contributed by atoms with Crippen LogP contribution in [-0.4, -0.2) is 59.8 Å². The van der Waals surface area contributed by atoms with Crippen molar-refractivity contribution in [3.8, 4) is 0 Å². The van der Waals surface area contributed by atoms with E-state index in [1.54, 1.807) is 17.1 Å². The number of hydrogen-bond donors (Lipinski definition) is 0. The summed E-state index contributed by atoms with van der Waals surface area (Å²) in [4.78, 5) is 34.7. The first-order valence-electron chi connectivity index (χ1n) is 9.01. The van der Waals surface area contributed by atoms with Crippen LogP contribution in [0.2, 0.25) is 0 Å². The van der Waals surface area contributed by atoms with E-state index < -0.39 is 0 Å². The molecule has 3 rings (SSSR count). The number of likely N-dealkylation sites (N-methyl/N-ethyl adjacent to an activating group) is 1. The van der Waals surface area contributed by atoms with Gasteiger partial charge in [-0.2, -0.15) is 0 Å². The van der Waals surface area contributed by atoms with Crippen LogP contribution in [0.3, 0.4) is 0 Å². The molecular formula is C20H24N4O2S. The van der Waals surface area contributed by atoms with Gasteiger partial charge in [0.1, 0.15) is 0 Å². The zero-order chi connectivity index (χ0) is 19.2. The molecule has 1 aliphatic rings. The molecule has 1 aromatic carbocycles. The van der Waals surface area contributed by atoms with Crippen LogP contribution in [0.4, 0.5) is 10.8 Å². The molecule has 2 aromatic rings. The molecule has 1 aromatic heterocycles. The van der Waals surface area contributed by atoms with Gasteiger partial charge in [-0.1, -0.05) is 18.2 Å². The number of para-hydroxylation sites is 1. The SMILES string of the molecule is CC(=O)N(c1ccccc1)c1nc(/C=C/C(=O)N2CCCN(C)CC2)cs1. The summed E-state index contributed by atoms with van der Waals surface area (Å²) in [7, 11) is 2.08. The fraction of sp³-hybridized carbons (Fsp3) is 0.350. The van der Waals surface area contributed by atoms with Crippen LogP contribution < -0.4 is 4.90 Å². The molecule has 7 heteroatoms. The maximum Gasteiger partial charge on any atom is 0.246 e. The van der Waals surface area contributed by atoms with E-state index >= 15 is 0 Å². The zero-order valence-corrected chi connectivity index (χ0v) is 16.5. The lowest BCUT2D eigenvalue weighted by molar-refractivity contribution is -0.125. The highest BCUT2D eigenvalue weighted by molar-refractivity contribution is 7.14. The maximum atomic E-state index is 12.4. The summed E-state index contributed by atoms with van der Waals surface area (Å²) in [5.74, 6) is -0.0952. The number of aromatic nitrogens is 1. The lowest BCUT2D eigenvalue weighted by Crippen LogP contribution is -2.33. The molecule has 0 aliphatic carbocycles. The van der Waals surface area contributed by atoms with Crippen LogP contribution in [0, 0.1) is 0 Å². The van der Waals surface area contributed by atoms with Crippen molar-refractivity contribution in [2.45, 2.75) is 13.3 Å². The van der Waals surface area contributed by atoms with Crippen molar-refractivity contribution in [2.24, 2.45) is 0 Å². The minimum Gasteiger partial charge on any atom is -0.338 e. The van der Waals surface area contributed by atoms with Crippen molar-refractivity contribution in [1.29, 1.82) is 0 Å². The molecule has 0 unspecified atom stereocenters. The topological polar surface area (TPSA) is 56.8 Å². The van der Waals surface area contributed by atoms with Crippen LogP contribution in [0.5, 0.6) is 0 Å². The van der Waals surface area contributed by atoms with E-state index in [2.05, 4.69) is 16.9 Å². The third kappa shape index (κ3) is 5.02. The Bertz CT molecular complexity index is 818. The largest absolute Gasteiger partial charge is 0.338 e. The fourth-order valence-electron chi connectivity index (χ4n) is 2.99. The van der Waals surface area contributed by atoms with Crippen molar-refractivity contribution in [3.05, 3.63) is 47.5 Å². The monoisotopic (exact) mass is 384 g/mol. The van der Waals surface area contributed by atoms with Gasteiger partial charge in [0.15, 0.2) is 5.13 Å². The molecule has 1 aliphatic heterocycles. The Morgan fingerprint density at radius 3 is 2.67 bits per heavy atom. The fourth-order valence-corrected chi connectivity index (χ4v) is 3.84. The summed E-state index contributed by atoms with van der Waals surface area (Å²) < 4.78 is 0. The van der Waals surface area contributed by atoms with Gasteiger partial charge in [-0.3, -0.25) is 14.5 Å². The smallest absolute Gasteiger partial charge is 0.246 e. The second-order valence-electron chi connectivity index (χ2n) is 6.56. The Labute approximate surface area is 163 Å². The molecule has 27 heavy (non-hydrogen) atoms. The quantitative estimate of drug-likeness (QED) is 0.761. The maximum absolute atomic E-state index is 12.4. The number of carbonyl (C=O) groups excluding carboxylic acids is 2. The van der Waals surface area contributed by atoms with Gasteiger partial charge in [0.2, 0.25) is 11.8 Å². The lowest BCUT2D eigenvalue weighted by Gasteiger charge is -2.18. The normalized spacial score (nSPS) is 15.7. The molecule has 0 radical (unpaired) electrons. The van der Waals surface area contributed by atoms with Crippen LogP contribution in [-0.2, 0) is 9.59 Å². The lowest BCUT2D eigenvalue weighted by atomic mass is 10.3. The third-order valence-corrected chi connectivity index (χ3v) is 5.30. The van der Waals surface area contributed by atoms with Crippen LogP contribution in [0.1, 0.15) is 19.0 Å². The number of carbonyl (C=O) groups is 2. The molecule has 142 valence electrons. The van der Waals surface area contributed by atoms with Crippen LogP contribution in [0.25, 0.3) is 6.08 Å². The predicted molar refractivity (Wildman–Crippen MR) is 109 cm³/mol. The number of thiazole rings is 1. The Morgan fingerprint density at radius 2 is 1.93 bits per heavy atom. The van der Waals surface area contributed by atoms with Crippen molar-refractivity contribution < 1.29 is 9.59 Å². The third-order valence-electron chi connectivity index (χ3n) is 4.46. The van der Waals surface area contributed by atoms with Gasteiger partial charge in [-0.05, 0) is 38.2 Å². The molecule has 6 nitrogen and oxygen atoms in total. The van der Waals surface area contributed by atoms with Gasteiger partial charge in [-0.25, -0.2) is 4.98 Å². The van der Waals surface area contributed by atoms with Gasteiger partial charge in [0.05, 0.1) is 11.4 Å². The van der Waals surface area contributed by atoms with Crippen LogP contribution >= 0.6 is 11.3 Å². The Kier molecular flexibility index (Phi) is 6.36. The van der Waals surface area contributed by atoms with Crippen molar-refractivity contribution >= 4 is 40.0 Å². The summed E-state index contributed by atoms with van der Waals surface area (Å²) in [5.41, 5.74) is 1.46. The number of hydrogen-bond acceptors (Lipinski definition) is 5. The van der Waals surface area contributed by atoms with Crippen molar-refractivity contribution in [1.82, 2.24) is 14.8 Å². The average molecular weight is 385 g/mol. The molecule has 0 spiro atoms. The number of amides is 2. The number of benzene rings is 1. The molecule has 1 fully saturated rings. The molecule has 0 bridgehead atoms. The highest BCUT2D eigenvalue weighted by Gasteiger charge is 2.18. The van der Waals surface area contributed by atoms with E-state index in [-0.39, 0.29) is 11.8 Å². The van der Waals surface area contributed by atoms with E-state index in [4.69, 9.17) is 0 Å². The van der Waals surface area contributed by atoms with Gasteiger partial charge in [-0.15, -0.1) is 11.3 Å². The summed E-state index contributed by atoms with van der Waals surface area (Å²) in [6.07, 6.45) is 4.28. The molecule has 0 atom stereocenters. The van der Waals surface area contributed by atoms with Gasteiger partial charge < -0.3 is 9.80 Å². The van der Waals surface area contributed by atoms with Gasteiger partial charge in [0, 0.05) is 38.0 Å². The van der Waals surface area contributed by atoms with Gasteiger partial charge >= 0.3 is 0 Å². The standard InChI is InChI=1S/C20H24N4O2S/c1-16(25)24(18-7-4-3-5-8-18)20-21-17(15-27-20)9-10-19(26)23-12-6-11-22(2)13-14-23/h3-5,7-10,15H,6,11-14H2,1-2H3/b10-9+. The highest BCUT2D eigenvalue weighted by atomic mass is 32.1. The molecular weight excluding hydrogens is 360 g/mol. The first-order chi connectivity index (χ1) is 13.0. The molecule has 2 amide bonds. The summed E-state index contributed by atoms with van der Waals surface area (Å²) in [5, 5.41) is 2.45. The number of rotatable bonds is 4. The second-order valence-corrected chi connectivity index (χ2v) is 7.40. The predicted octanol–water partition coefficient (Wildman–Crippen LogP) is 3.01. The summed E-state index contributed by atoms with van der Waals surface area (Å²) in [6, 6.07) is 9.42. The zero-order valence-electron chi connectivity index (χ0n) is 15.7. The minimum absolute atomic E-state index is 0.00586. The molecule has 1 saturated heterocycles. The average Bonchev–Trinajstić information content (AvgIpc) is 3.00. The van der Waals surface area contributed by atoms with E-state index in [1.165, 1.54) is 18.3 Å². The second kappa shape index (κ2) is 8.92. The molecule has 0 saturated carbocycles. The van der Waals surface area contributed by atoms with E-state index in [0.717, 1.165) is 38.3 Å². The van der Waals surface area contributed by atoms with Crippen molar-refractivity contribution in [3.63, 3.8) is 0 Å².